The molecule has 2 aromatic carbocycles. The van der Waals surface area contributed by atoms with Crippen LogP contribution in [0, 0.1) is 11.3 Å². The largest absolute Gasteiger partial charge is 0.493 e. The summed E-state index contributed by atoms with van der Waals surface area (Å²) in [6, 6.07) is 14.1. The van der Waals surface area contributed by atoms with Crippen LogP contribution in [-0.4, -0.2) is 14.2 Å². The molecule has 0 spiro atoms. The first-order valence-electron chi connectivity index (χ1n) is 6.26. The summed E-state index contributed by atoms with van der Waals surface area (Å²) in [5, 5.41) is 9.02. The van der Waals surface area contributed by atoms with Gasteiger partial charge in [-0.25, -0.2) is 0 Å². The zero-order valence-corrected chi connectivity index (χ0v) is 11.3. The van der Waals surface area contributed by atoms with Crippen LogP contribution >= 0.6 is 0 Å². The number of rotatable bonds is 2. The van der Waals surface area contributed by atoms with E-state index >= 15 is 0 Å². The molecular formula is C17H13NO2. The third-order valence-corrected chi connectivity index (χ3v) is 3.53. The molecule has 0 unspecified atom stereocenters. The molecule has 0 heterocycles. The number of hydrogen-bond donors (Lipinski definition) is 0. The maximum atomic E-state index is 9.02. The Morgan fingerprint density at radius 3 is 2.10 bits per heavy atom. The molecular weight excluding hydrogens is 250 g/mol. The quantitative estimate of drug-likeness (QED) is 0.663. The van der Waals surface area contributed by atoms with Gasteiger partial charge in [-0.3, -0.25) is 0 Å². The van der Waals surface area contributed by atoms with Gasteiger partial charge in [0.1, 0.15) is 0 Å². The highest BCUT2D eigenvalue weighted by molar-refractivity contribution is 6.02. The second-order valence-electron chi connectivity index (χ2n) is 4.49. The Labute approximate surface area is 117 Å². The lowest BCUT2D eigenvalue weighted by molar-refractivity contribution is 0.355. The number of hydrogen-bond acceptors (Lipinski definition) is 3. The van der Waals surface area contributed by atoms with Gasteiger partial charge in [-0.2, -0.15) is 5.26 Å². The Morgan fingerprint density at radius 2 is 1.50 bits per heavy atom. The molecule has 0 aromatic heterocycles. The summed E-state index contributed by atoms with van der Waals surface area (Å²) in [6.07, 6.45) is 1.58. The minimum Gasteiger partial charge on any atom is -0.493 e. The van der Waals surface area contributed by atoms with Crippen LogP contribution in [0.5, 0.6) is 11.5 Å². The van der Waals surface area contributed by atoms with Crippen LogP contribution in [0.1, 0.15) is 11.1 Å². The SMILES string of the molecule is COc1cc2c(cc1OC)-c1ccccc1/C2=C/C#N. The third kappa shape index (κ3) is 1.66. The maximum Gasteiger partial charge on any atom is 0.161 e. The predicted molar refractivity (Wildman–Crippen MR) is 77.7 cm³/mol. The summed E-state index contributed by atoms with van der Waals surface area (Å²) < 4.78 is 10.7. The van der Waals surface area contributed by atoms with E-state index in [0.717, 1.165) is 27.8 Å². The van der Waals surface area contributed by atoms with Crippen molar-refractivity contribution in [2.45, 2.75) is 0 Å². The summed E-state index contributed by atoms with van der Waals surface area (Å²) in [5.41, 5.74) is 5.19. The van der Waals surface area contributed by atoms with Gasteiger partial charge in [0.15, 0.2) is 11.5 Å². The van der Waals surface area contributed by atoms with Gasteiger partial charge in [-0.15, -0.1) is 0 Å². The Morgan fingerprint density at radius 1 is 0.900 bits per heavy atom. The van der Waals surface area contributed by atoms with Crippen LogP contribution in [0.15, 0.2) is 42.5 Å². The first kappa shape index (κ1) is 12.3. The van der Waals surface area contributed by atoms with E-state index in [0.29, 0.717) is 11.5 Å². The van der Waals surface area contributed by atoms with Gasteiger partial charge >= 0.3 is 0 Å². The van der Waals surface area contributed by atoms with Gasteiger partial charge in [0.2, 0.25) is 0 Å². The van der Waals surface area contributed by atoms with Gasteiger partial charge in [0.25, 0.3) is 0 Å². The fourth-order valence-corrected chi connectivity index (χ4v) is 2.64. The van der Waals surface area contributed by atoms with Crippen molar-refractivity contribution in [3.05, 3.63) is 53.6 Å². The van der Waals surface area contributed by atoms with E-state index in [-0.39, 0.29) is 0 Å². The molecule has 0 fully saturated rings. The van der Waals surface area contributed by atoms with Gasteiger partial charge < -0.3 is 9.47 Å². The van der Waals surface area contributed by atoms with Gasteiger partial charge in [0.05, 0.1) is 20.3 Å². The van der Waals surface area contributed by atoms with Crippen LogP contribution in [0.25, 0.3) is 16.7 Å². The monoisotopic (exact) mass is 263 g/mol. The van der Waals surface area contributed by atoms with E-state index < -0.39 is 0 Å². The Kier molecular flexibility index (Phi) is 2.92. The van der Waals surface area contributed by atoms with Crippen molar-refractivity contribution in [2.75, 3.05) is 14.2 Å². The highest BCUT2D eigenvalue weighted by Gasteiger charge is 2.25. The minimum atomic E-state index is 0.669. The Bertz CT molecular complexity index is 754. The molecule has 0 aliphatic heterocycles. The van der Waals surface area contributed by atoms with Crippen molar-refractivity contribution < 1.29 is 9.47 Å². The topological polar surface area (TPSA) is 42.2 Å². The molecule has 0 radical (unpaired) electrons. The van der Waals surface area contributed by atoms with E-state index in [1.807, 2.05) is 30.3 Å². The second kappa shape index (κ2) is 4.75. The van der Waals surface area contributed by atoms with Crippen LogP contribution in [0.2, 0.25) is 0 Å². The van der Waals surface area contributed by atoms with Gasteiger partial charge in [-0.1, -0.05) is 24.3 Å². The molecule has 2 aromatic rings. The highest BCUT2D eigenvalue weighted by Crippen LogP contribution is 2.48. The van der Waals surface area contributed by atoms with E-state index in [1.54, 1.807) is 20.3 Å². The molecule has 0 N–H and O–H groups in total. The maximum absolute atomic E-state index is 9.02. The van der Waals surface area contributed by atoms with E-state index in [2.05, 4.69) is 12.1 Å². The molecule has 0 saturated carbocycles. The normalized spacial score (nSPS) is 13.6. The fourth-order valence-electron chi connectivity index (χ4n) is 2.64. The number of nitriles is 1. The third-order valence-electron chi connectivity index (χ3n) is 3.53. The van der Waals surface area contributed by atoms with E-state index in [9.17, 15) is 0 Å². The lowest BCUT2D eigenvalue weighted by Crippen LogP contribution is -1.92. The number of allylic oxidation sites excluding steroid dienone is 1. The molecule has 1 aliphatic carbocycles. The van der Waals surface area contributed by atoms with Crippen molar-refractivity contribution in [1.82, 2.24) is 0 Å². The Hall–Kier alpha value is -2.73. The molecule has 3 heteroatoms. The van der Waals surface area contributed by atoms with Crippen LogP contribution in [-0.2, 0) is 0 Å². The number of methoxy groups -OCH3 is 2. The summed E-state index contributed by atoms with van der Waals surface area (Å²) in [5.74, 6) is 1.36. The van der Waals surface area contributed by atoms with Gasteiger partial charge in [0, 0.05) is 11.6 Å². The van der Waals surface area contributed by atoms with Crippen molar-refractivity contribution >= 4 is 5.57 Å². The van der Waals surface area contributed by atoms with Crippen LogP contribution in [0.4, 0.5) is 0 Å². The first-order chi connectivity index (χ1) is 9.80. The molecule has 3 rings (SSSR count). The average molecular weight is 263 g/mol. The molecule has 0 atom stereocenters. The van der Waals surface area contributed by atoms with Crippen molar-refractivity contribution in [3.8, 4) is 28.7 Å². The standard InChI is InChI=1S/C17H13NO2/c1-19-16-9-14-12-6-4-3-5-11(12)13(7-8-18)15(14)10-17(16)20-2/h3-7,9-10H,1-2H3/b13-7-. The zero-order valence-electron chi connectivity index (χ0n) is 11.3. The second-order valence-corrected chi connectivity index (χ2v) is 4.49. The molecule has 98 valence electrons. The Balaban J connectivity index is 2.34. The fraction of sp³-hybridized carbons (Fsp3) is 0.118. The van der Waals surface area contributed by atoms with Crippen LogP contribution < -0.4 is 9.47 Å². The molecule has 0 saturated heterocycles. The van der Waals surface area contributed by atoms with E-state index in [1.165, 1.54) is 0 Å². The smallest absolute Gasteiger partial charge is 0.161 e. The van der Waals surface area contributed by atoms with Crippen molar-refractivity contribution in [3.63, 3.8) is 0 Å². The first-order valence-corrected chi connectivity index (χ1v) is 6.26. The molecule has 0 amide bonds. The van der Waals surface area contributed by atoms with E-state index in [4.69, 9.17) is 14.7 Å². The summed E-state index contributed by atoms with van der Waals surface area (Å²) in [7, 11) is 3.23. The average Bonchev–Trinajstić information content (AvgIpc) is 2.80. The molecule has 0 bridgehead atoms. The lowest BCUT2D eigenvalue weighted by atomic mass is 10.0. The molecule has 3 nitrogen and oxygen atoms in total. The number of nitrogens with zero attached hydrogens (tertiary/aromatic N) is 1. The predicted octanol–water partition coefficient (Wildman–Crippen LogP) is 3.64. The summed E-state index contributed by atoms with van der Waals surface area (Å²) in [4.78, 5) is 0. The summed E-state index contributed by atoms with van der Waals surface area (Å²) in [6.45, 7) is 0. The van der Waals surface area contributed by atoms with Crippen molar-refractivity contribution in [2.24, 2.45) is 0 Å². The van der Waals surface area contributed by atoms with Crippen molar-refractivity contribution in [1.29, 1.82) is 5.26 Å². The summed E-state index contributed by atoms with van der Waals surface area (Å²) >= 11 is 0. The lowest BCUT2D eigenvalue weighted by Gasteiger charge is -2.10. The minimum absolute atomic E-state index is 0.669. The van der Waals surface area contributed by atoms with Gasteiger partial charge in [-0.05, 0) is 34.4 Å². The highest BCUT2D eigenvalue weighted by atomic mass is 16.5. The number of fused-ring (bicyclic) bond motifs is 3. The number of benzene rings is 2. The number of ether oxygens (including phenoxy) is 2. The molecule has 1 aliphatic rings. The zero-order chi connectivity index (χ0) is 14.1. The molecule has 20 heavy (non-hydrogen) atoms. The van der Waals surface area contributed by atoms with Crippen LogP contribution in [0.3, 0.4) is 0 Å².